The Morgan fingerprint density at radius 2 is 1.60 bits per heavy atom. The molecular formula is C16H12ClF3N2O3. The van der Waals surface area contributed by atoms with Gasteiger partial charge in [0.05, 0.1) is 16.9 Å². The van der Waals surface area contributed by atoms with Crippen molar-refractivity contribution in [1.82, 2.24) is 0 Å². The van der Waals surface area contributed by atoms with Gasteiger partial charge in [0, 0.05) is 5.02 Å². The molecule has 132 valence electrons. The van der Waals surface area contributed by atoms with Crippen LogP contribution in [0.2, 0.25) is 5.02 Å². The molecule has 25 heavy (non-hydrogen) atoms. The number of hydrogen-bond acceptors (Lipinski definition) is 3. The number of nitrogens with one attached hydrogen (secondary N) is 2. The van der Waals surface area contributed by atoms with Crippen LogP contribution in [0, 0.1) is 6.92 Å². The van der Waals surface area contributed by atoms with Crippen molar-refractivity contribution >= 4 is 34.8 Å². The fourth-order valence-electron chi connectivity index (χ4n) is 1.97. The van der Waals surface area contributed by atoms with Gasteiger partial charge < -0.3 is 15.7 Å². The third-order valence-corrected chi connectivity index (χ3v) is 3.38. The van der Waals surface area contributed by atoms with Crippen LogP contribution in [0.5, 0.6) is 5.75 Å². The average molecular weight is 373 g/mol. The van der Waals surface area contributed by atoms with Gasteiger partial charge in [-0.1, -0.05) is 17.7 Å². The van der Waals surface area contributed by atoms with Crippen LogP contribution >= 0.6 is 11.6 Å². The van der Waals surface area contributed by atoms with Gasteiger partial charge >= 0.3 is 18.0 Å². The van der Waals surface area contributed by atoms with Crippen LogP contribution < -0.4 is 10.6 Å². The van der Waals surface area contributed by atoms with Gasteiger partial charge in [-0.25, -0.2) is 0 Å². The van der Waals surface area contributed by atoms with Gasteiger partial charge in [0.25, 0.3) is 0 Å². The Morgan fingerprint density at radius 3 is 2.20 bits per heavy atom. The van der Waals surface area contributed by atoms with Crippen LogP contribution in [-0.2, 0) is 15.8 Å². The lowest BCUT2D eigenvalue weighted by Gasteiger charge is -2.14. The van der Waals surface area contributed by atoms with Crippen LogP contribution in [0.4, 0.5) is 24.5 Å². The Balaban J connectivity index is 2.20. The number of amides is 2. The number of benzene rings is 2. The number of aromatic hydroxyl groups is 1. The van der Waals surface area contributed by atoms with E-state index >= 15 is 0 Å². The lowest BCUT2D eigenvalue weighted by Crippen LogP contribution is -2.30. The van der Waals surface area contributed by atoms with Gasteiger partial charge in [0.15, 0.2) is 0 Å². The summed E-state index contributed by atoms with van der Waals surface area (Å²) >= 11 is 5.54. The molecule has 0 saturated heterocycles. The molecule has 0 spiro atoms. The van der Waals surface area contributed by atoms with Crippen molar-refractivity contribution < 1.29 is 27.9 Å². The maximum absolute atomic E-state index is 13.0. The lowest BCUT2D eigenvalue weighted by atomic mass is 10.1. The Bertz CT molecular complexity index is 838. The number of anilines is 2. The Kier molecular flexibility index (Phi) is 5.22. The highest BCUT2D eigenvalue weighted by Crippen LogP contribution is 2.36. The third-order valence-electron chi connectivity index (χ3n) is 3.14. The second-order valence-corrected chi connectivity index (χ2v) is 5.55. The van der Waals surface area contributed by atoms with Gasteiger partial charge in [-0.05, 0) is 42.8 Å². The fourth-order valence-corrected chi connectivity index (χ4v) is 2.14. The second-order valence-electron chi connectivity index (χ2n) is 5.12. The number of alkyl halides is 3. The molecule has 3 N–H and O–H groups in total. The van der Waals surface area contributed by atoms with E-state index in [0.717, 1.165) is 12.1 Å². The molecule has 2 amide bonds. The molecule has 0 bridgehead atoms. The monoisotopic (exact) mass is 372 g/mol. The van der Waals surface area contributed by atoms with Crippen molar-refractivity contribution in [3.63, 3.8) is 0 Å². The summed E-state index contributed by atoms with van der Waals surface area (Å²) in [6.07, 6.45) is -4.77. The number of phenols is 1. The molecule has 9 heteroatoms. The van der Waals surface area contributed by atoms with Gasteiger partial charge in [0.2, 0.25) is 0 Å². The van der Waals surface area contributed by atoms with Gasteiger partial charge in [0.1, 0.15) is 5.75 Å². The zero-order valence-electron chi connectivity index (χ0n) is 12.7. The molecule has 0 aliphatic heterocycles. The molecule has 0 fully saturated rings. The van der Waals surface area contributed by atoms with Crippen LogP contribution in [-0.4, -0.2) is 16.9 Å². The van der Waals surface area contributed by atoms with Crippen molar-refractivity contribution in [1.29, 1.82) is 0 Å². The molecule has 0 atom stereocenters. The van der Waals surface area contributed by atoms with E-state index in [0.29, 0.717) is 11.6 Å². The zero-order chi connectivity index (χ0) is 18.8. The summed E-state index contributed by atoms with van der Waals surface area (Å²) < 4.78 is 38.9. The maximum atomic E-state index is 13.0. The lowest BCUT2D eigenvalue weighted by molar-refractivity contribution is -0.137. The van der Waals surface area contributed by atoms with Crippen LogP contribution in [0.15, 0.2) is 36.4 Å². The molecular weight excluding hydrogens is 361 g/mol. The highest BCUT2D eigenvalue weighted by molar-refractivity contribution is 6.44. The number of carbonyl (C=O) groups excluding carboxylic acids is 2. The predicted octanol–water partition coefficient (Wildman–Crippen LogP) is 3.95. The molecule has 0 unspecified atom stereocenters. The van der Waals surface area contributed by atoms with Crippen molar-refractivity contribution in [3.8, 4) is 5.75 Å². The standard InChI is InChI=1S/C16H12ClF3N2O3/c1-8-2-5-13(23)12(6-8)22-15(25)14(24)21-11-4-3-9(17)7-10(11)16(18,19)20/h2-7,23H,1H3,(H,21,24)(H,22,25). The van der Waals surface area contributed by atoms with E-state index in [4.69, 9.17) is 11.6 Å². The average Bonchev–Trinajstić information content (AvgIpc) is 2.51. The van der Waals surface area contributed by atoms with E-state index in [-0.39, 0.29) is 16.5 Å². The van der Waals surface area contributed by atoms with Gasteiger partial charge in [-0.3, -0.25) is 9.59 Å². The smallest absolute Gasteiger partial charge is 0.418 e. The normalized spacial score (nSPS) is 11.1. The molecule has 0 saturated carbocycles. The highest BCUT2D eigenvalue weighted by Gasteiger charge is 2.34. The molecule has 2 aromatic carbocycles. The Labute approximate surface area is 145 Å². The first-order valence-corrected chi connectivity index (χ1v) is 7.24. The molecule has 0 aromatic heterocycles. The minimum atomic E-state index is -4.77. The fraction of sp³-hybridized carbons (Fsp3) is 0.125. The number of rotatable bonds is 2. The SMILES string of the molecule is Cc1ccc(O)c(NC(=O)C(=O)Nc2ccc(Cl)cc2C(F)(F)F)c1. The minimum Gasteiger partial charge on any atom is -0.506 e. The summed E-state index contributed by atoms with van der Waals surface area (Å²) in [6, 6.07) is 7.03. The summed E-state index contributed by atoms with van der Waals surface area (Å²) in [7, 11) is 0. The second kappa shape index (κ2) is 7.02. The largest absolute Gasteiger partial charge is 0.506 e. The first-order valence-electron chi connectivity index (χ1n) is 6.86. The van der Waals surface area contributed by atoms with E-state index in [9.17, 15) is 27.9 Å². The minimum absolute atomic E-state index is 0.0349. The summed E-state index contributed by atoms with van der Waals surface area (Å²) in [5, 5.41) is 13.5. The van der Waals surface area contributed by atoms with Gasteiger partial charge in [-0.2, -0.15) is 13.2 Å². The number of halogens is 4. The number of hydrogen-bond donors (Lipinski definition) is 3. The van der Waals surface area contributed by atoms with Crippen molar-refractivity contribution in [2.24, 2.45) is 0 Å². The highest BCUT2D eigenvalue weighted by atomic mass is 35.5. The molecule has 0 aliphatic carbocycles. The topological polar surface area (TPSA) is 78.4 Å². The molecule has 2 rings (SSSR count). The van der Waals surface area contributed by atoms with Crippen LogP contribution in [0.25, 0.3) is 0 Å². The van der Waals surface area contributed by atoms with E-state index in [1.165, 1.54) is 12.1 Å². The number of aryl methyl sites for hydroxylation is 1. The van der Waals surface area contributed by atoms with E-state index in [1.807, 2.05) is 5.32 Å². The molecule has 0 aliphatic rings. The Hall–Kier alpha value is -2.74. The van der Waals surface area contributed by atoms with Crippen LogP contribution in [0.1, 0.15) is 11.1 Å². The molecule has 0 heterocycles. The summed E-state index contributed by atoms with van der Waals surface area (Å²) in [6.45, 7) is 1.69. The third kappa shape index (κ3) is 4.63. The van der Waals surface area contributed by atoms with Crippen LogP contribution in [0.3, 0.4) is 0 Å². The van der Waals surface area contributed by atoms with Gasteiger partial charge in [-0.15, -0.1) is 0 Å². The molecule has 0 radical (unpaired) electrons. The van der Waals surface area contributed by atoms with Crippen molar-refractivity contribution in [2.45, 2.75) is 13.1 Å². The van der Waals surface area contributed by atoms with Crippen molar-refractivity contribution in [3.05, 3.63) is 52.5 Å². The molecule has 5 nitrogen and oxygen atoms in total. The quantitative estimate of drug-likeness (QED) is 0.551. The first kappa shape index (κ1) is 18.6. The first-order chi connectivity index (χ1) is 11.6. The summed E-state index contributed by atoms with van der Waals surface area (Å²) in [4.78, 5) is 23.7. The predicted molar refractivity (Wildman–Crippen MR) is 86.6 cm³/mol. The van der Waals surface area contributed by atoms with Crippen molar-refractivity contribution in [2.75, 3.05) is 10.6 Å². The van der Waals surface area contributed by atoms with E-state index in [1.54, 1.807) is 13.0 Å². The summed E-state index contributed by atoms with van der Waals surface area (Å²) in [5.41, 5.74) is -1.12. The van der Waals surface area contributed by atoms with E-state index in [2.05, 4.69) is 5.32 Å². The Morgan fingerprint density at radius 1 is 1.00 bits per heavy atom. The number of phenolic OH excluding ortho intramolecular Hbond substituents is 1. The zero-order valence-corrected chi connectivity index (χ0v) is 13.5. The maximum Gasteiger partial charge on any atom is 0.418 e. The number of carbonyl (C=O) groups is 2. The summed E-state index contributed by atoms with van der Waals surface area (Å²) in [5.74, 6) is -2.84. The van der Waals surface area contributed by atoms with E-state index < -0.39 is 29.2 Å². The molecule has 2 aromatic rings.